The zero-order valence-electron chi connectivity index (χ0n) is 15.8. The first kappa shape index (κ1) is 17.2. The van der Waals surface area contributed by atoms with Gasteiger partial charge in [-0.25, -0.2) is 9.97 Å². The summed E-state index contributed by atoms with van der Waals surface area (Å²) in [6.45, 7) is 4.58. The number of nitrogens with one attached hydrogen (secondary N) is 1. The third-order valence-corrected chi connectivity index (χ3v) is 6.45. The summed E-state index contributed by atoms with van der Waals surface area (Å²) in [6, 6.07) is 3.76. The van der Waals surface area contributed by atoms with E-state index in [9.17, 15) is 4.79 Å². The number of hydrogen-bond acceptors (Lipinski definition) is 6. The van der Waals surface area contributed by atoms with Crippen LogP contribution in [0.5, 0.6) is 0 Å². The number of carbonyl (C=O) groups is 1. The van der Waals surface area contributed by atoms with Crippen molar-refractivity contribution in [3.8, 4) is 0 Å². The molecule has 28 heavy (non-hydrogen) atoms. The Hall–Kier alpha value is -2.87. The van der Waals surface area contributed by atoms with Gasteiger partial charge in [0.15, 0.2) is 5.65 Å². The van der Waals surface area contributed by atoms with Crippen LogP contribution in [0.25, 0.3) is 15.9 Å². The van der Waals surface area contributed by atoms with Crippen molar-refractivity contribution in [2.45, 2.75) is 39.7 Å². The van der Waals surface area contributed by atoms with Crippen molar-refractivity contribution in [1.82, 2.24) is 29.9 Å². The van der Waals surface area contributed by atoms with E-state index in [0.717, 1.165) is 40.1 Å². The summed E-state index contributed by atoms with van der Waals surface area (Å²) in [4.78, 5) is 28.4. The summed E-state index contributed by atoms with van der Waals surface area (Å²) in [5, 5.41) is 8.38. The fourth-order valence-corrected chi connectivity index (χ4v) is 5.06. The fraction of sp³-hybridized carbons (Fsp3) is 0.350. The molecule has 4 aromatic heterocycles. The van der Waals surface area contributed by atoms with Gasteiger partial charge in [0, 0.05) is 23.8 Å². The third kappa shape index (κ3) is 2.84. The van der Waals surface area contributed by atoms with Crippen LogP contribution in [0.3, 0.4) is 0 Å². The number of fused-ring (bicyclic) bond motifs is 5. The number of aryl methyl sites for hydroxylation is 2. The molecular weight excluding hydrogens is 372 g/mol. The van der Waals surface area contributed by atoms with Gasteiger partial charge in [-0.2, -0.15) is 4.52 Å². The quantitative estimate of drug-likeness (QED) is 0.579. The lowest BCUT2D eigenvalue weighted by atomic mass is 9.89. The van der Waals surface area contributed by atoms with E-state index in [2.05, 4.69) is 27.3 Å². The number of nitrogens with zero attached hydrogens (tertiary/aromatic N) is 5. The Kier molecular flexibility index (Phi) is 4.08. The molecule has 142 valence electrons. The first-order valence-electron chi connectivity index (χ1n) is 9.45. The number of thiophene rings is 1. The topological polar surface area (TPSA) is 85.1 Å². The second-order valence-electron chi connectivity index (χ2n) is 7.41. The van der Waals surface area contributed by atoms with Crippen molar-refractivity contribution in [2.24, 2.45) is 5.92 Å². The van der Waals surface area contributed by atoms with Crippen LogP contribution in [-0.2, 0) is 19.4 Å². The zero-order chi connectivity index (χ0) is 19.3. The third-order valence-electron chi connectivity index (χ3n) is 5.27. The molecule has 1 amide bonds. The first-order valence-corrected chi connectivity index (χ1v) is 10.3. The van der Waals surface area contributed by atoms with Crippen LogP contribution in [-0.4, -0.2) is 30.5 Å². The Morgan fingerprint density at radius 2 is 2.29 bits per heavy atom. The molecule has 1 atom stereocenters. The predicted molar refractivity (Wildman–Crippen MR) is 107 cm³/mol. The van der Waals surface area contributed by atoms with Crippen molar-refractivity contribution in [2.75, 3.05) is 0 Å². The van der Waals surface area contributed by atoms with Gasteiger partial charge >= 0.3 is 0 Å². The highest BCUT2D eigenvalue weighted by molar-refractivity contribution is 7.19. The molecule has 0 bridgehead atoms. The molecule has 4 aromatic rings. The van der Waals surface area contributed by atoms with E-state index in [4.69, 9.17) is 4.98 Å². The number of rotatable bonds is 3. The number of carbonyl (C=O) groups excluding carboxylic acids is 1. The van der Waals surface area contributed by atoms with Crippen molar-refractivity contribution in [3.05, 3.63) is 52.2 Å². The minimum atomic E-state index is -0.294. The minimum absolute atomic E-state index is 0.171. The lowest BCUT2D eigenvalue weighted by molar-refractivity contribution is 0.0940. The van der Waals surface area contributed by atoms with E-state index in [1.165, 1.54) is 16.9 Å². The van der Waals surface area contributed by atoms with Gasteiger partial charge in [-0.15, -0.1) is 16.4 Å². The summed E-state index contributed by atoms with van der Waals surface area (Å²) in [6.07, 6.45) is 6.77. The van der Waals surface area contributed by atoms with Gasteiger partial charge in [-0.3, -0.25) is 9.78 Å². The second kappa shape index (κ2) is 6.63. The van der Waals surface area contributed by atoms with Crippen molar-refractivity contribution in [1.29, 1.82) is 0 Å². The lowest BCUT2D eigenvalue weighted by Crippen LogP contribution is -2.24. The molecule has 1 N–H and O–H groups in total. The first-order chi connectivity index (χ1) is 13.6. The Balaban J connectivity index is 1.54. The van der Waals surface area contributed by atoms with E-state index < -0.39 is 0 Å². The predicted octanol–water partition coefficient (Wildman–Crippen LogP) is 3.10. The summed E-state index contributed by atoms with van der Waals surface area (Å²) in [5.41, 5.74) is 3.01. The van der Waals surface area contributed by atoms with E-state index in [0.29, 0.717) is 12.5 Å². The van der Waals surface area contributed by atoms with Gasteiger partial charge in [-0.1, -0.05) is 13.0 Å². The molecular formula is C20H20N6OS. The van der Waals surface area contributed by atoms with Crippen LogP contribution in [0.4, 0.5) is 0 Å². The number of amides is 1. The van der Waals surface area contributed by atoms with E-state index in [-0.39, 0.29) is 11.7 Å². The van der Waals surface area contributed by atoms with E-state index >= 15 is 0 Å². The van der Waals surface area contributed by atoms with Crippen LogP contribution in [0, 0.1) is 12.8 Å². The Bertz CT molecular complexity index is 1200. The van der Waals surface area contributed by atoms with Gasteiger partial charge in [0.25, 0.3) is 5.91 Å². The molecule has 0 aliphatic heterocycles. The molecule has 0 fully saturated rings. The Morgan fingerprint density at radius 3 is 3.11 bits per heavy atom. The Morgan fingerprint density at radius 1 is 1.39 bits per heavy atom. The normalized spacial score (nSPS) is 16.4. The smallest absolute Gasteiger partial charge is 0.291 e. The molecule has 0 aromatic carbocycles. The van der Waals surface area contributed by atoms with Crippen LogP contribution in [0.2, 0.25) is 0 Å². The van der Waals surface area contributed by atoms with Crippen LogP contribution in [0.15, 0.2) is 24.5 Å². The van der Waals surface area contributed by atoms with Gasteiger partial charge in [-0.05, 0) is 49.3 Å². The summed E-state index contributed by atoms with van der Waals surface area (Å²) in [7, 11) is 0. The maximum Gasteiger partial charge on any atom is 0.291 e. The summed E-state index contributed by atoms with van der Waals surface area (Å²) >= 11 is 1.76. The van der Waals surface area contributed by atoms with Crippen LogP contribution < -0.4 is 5.32 Å². The van der Waals surface area contributed by atoms with Gasteiger partial charge < -0.3 is 5.32 Å². The average molecular weight is 392 g/mol. The van der Waals surface area contributed by atoms with Crippen molar-refractivity contribution < 1.29 is 4.79 Å². The molecule has 4 heterocycles. The molecule has 0 radical (unpaired) electrons. The molecule has 0 spiro atoms. The standard InChI is InChI=1S/C20H20N6OS/c1-11-5-6-15-14(8-11)16-18-24-17(25-26(18)12(2)23-20(16)28-15)19(27)22-10-13-4-3-7-21-9-13/h3-4,7,9,11H,5-6,8,10H2,1-2H3,(H,22,27). The summed E-state index contributed by atoms with van der Waals surface area (Å²) in [5.74, 6) is 1.27. The van der Waals surface area contributed by atoms with Gasteiger partial charge in [0.05, 0.1) is 5.39 Å². The molecule has 1 aliphatic rings. The number of hydrogen-bond donors (Lipinski definition) is 1. The molecule has 8 heteroatoms. The lowest BCUT2D eigenvalue weighted by Gasteiger charge is -2.17. The molecule has 5 rings (SSSR count). The maximum atomic E-state index is 12.6. The number of pyridine rings is 1. The SMILES string of the molecule is Cc1nc2sc3c(c2c2nc(C(=O)NCc4cccnc4)nn12)CC(C)CC3. The highest BCUT2D eigenvalue weighted by Crippen LogP contribution is 2.38. The molecule has 1 aliphatic carbocycles. The van der Waals surface area contributed by atoms with Crippen LogP contribution >= 0.6 is 11.3 Å². The van der Waals surface area contributed by atoms with E-state index in [1.807, 2.05) is 19.1 Å². The second-order valence-corrected chi connectivity index (χ2v) is 8.49. The van der Waals surface area contributed by atoms with Gasteiger partial charge in [0.1, 0.15) is 10.7 Å². The van der Waals surface area contributed by atoms with Crippen LogP contribution in [0.1, 0.15) is 45.8 Å². The zero-order valence-corrected chi connectivity index (χ0v) is 16.6. The van der Waals surface area contributed by atoms with Crippen molar-refractivity contribution >= 4 is 33.1 Å². The fourth-order valence-electron chi connectivity index (χ4n) is 3.81. The monoisotopic (exact) mass is 392 g/mol. The molecule has 0 saturated carbocycles. The highest BCUT2D eigenvalue weighted by Gasteiger charge is 2.25. The Labute approximate surface area is 165 Å². The summed E-state index contributed by atoms with van der Waals surface area (Å²) < 4.78 is 1.70. The van der Waals surface area contributed by atoms with E-state index in [1.54, 1.807) is 28.2 Å². The highest BCUT2D eigenvalue weighted by atomic mass is 32.1. The molecule has 1 unspecified atom stereocenters. The largest absolute Gasteiger partial charge is 0.345 e. The molecule has 7 nitrogen and oxygen atoms in total. The average Bonchev–Trinajstić information content (AvgIpc) is 3.28. The van der Waals surface area contributed by atoms with Gasteiger partial charge in [0.2, 0.25) is 5.82 Å². The molecule has 0 saturated heterocycles. The minimum Gasteiger partial charge on any atom is -0.345 e. The van der Waals surface area contributed by atoms with Crippen molar-refractivity contribution in [3.63, 3.8) is 0 Å². The number of aromatic nitrogens is 5. The maximum absolute atomic E-state index is 12.6.